The number of hydrogen-bond acceptors (Lipinski definition) is 3. The lowest BCUT2D eigenvalue weighted by Gasteiger charge is -2.10. The molecule has 0 unspecified atom stereocenters. The van der Waals surface area contributed by atoms with E-state index >= 15 is 0 Å². The Morgan fingerprint density at radius 2 is 1.76 bits per heavy atom. The molecule has 1 aliphatic rings. The van der Waals surface area contributed by atoms with Gasteiger partial charge in [0, 0.05) is 12.6 Å². The molecule has 4 nitrogen and oxygen atoms in total. The summed E-state index contributed by atoms with van der Waals surface area (Å²) in [5.74, 6) is 0. The minimum Gasteiger partial charge on any atom is -0.313 e. The van der Waals surface area contributed by atoms with Crippen LogP contribution >= 0.6 is 0 Å². The molecule has 0 spiro atoms. The Morgan fingerprint density at radius 3 is 2.29 bits per heavy atom. The molecule has 5 heteroatoms. The van der Waals surface area contributed by atoms with Crippen LogP contribution in [-0.4, -0.2) is 21.0 Å². The molecule has 1 saturated carbocycles. The van der Waals surface area contributed by atoms with Gasteiger partial charge in [-0.15, -0.1) is 0 Å². The molecule has 0 atom stereocenters. The summed E-state index contributed by atoms with van der Waals surface area (Å²) in [6, 6.07) is 7.11. The first-order chi connectivity index (χ1) is 9.63. The zero-order valence-electron chi connectivity index (χ0n) is 13.5. The third-order valence-electron chi connectivity index (χ3n) is 5.08. The topological polar surface area (TPSA) is 58.2 Å². The molecule has 2 N–H and O–H groups in total. The molecule has 0 heterocycles. The van der Waals surface area contributed by atoms with Crippen molar-refractivity contribution >= 4 is 10.0 Å². The molecule has 0 saturated heterocycles. The molecule has 0 radical (unpaired) electrons. The van der Waals surface area contributed by atoms with Crippen molar-refractivity contribution in [3.05, 3.63) is 29.8 Å². The fourth-order valence-corrected chi connectivity index (χ4v) is 4.41. The van der Waals surface area contributed by atoms with Crippen LogP contribution in [0.4, 0.5) is 0 Å². The Hall–Kier alpha value is -0.910. The van der Waals surface area contributed by atoms with Crippen LogP contribution in [0.15, 0.2) is 29.2 Å². The predicted octanol–water partition coefficient (Wildman–Crippen LogP) is 2.51. The second kappa shape index (κ2) is 5.38. The molecule has 0 bridgehead atoms. The normalized spacial score (nSPS) is 20.4. The minimum absolute atomic E-state index is 0.0125. The Labute approximate surface area is 128 Å². The van der Waals surface area contributed by atoms with Gasteiger partial charge in [-0.05, 0) is 35.1 Å². The highest BCUT2D eigenvalue weighted by molar-refractivity contribution is 7.89. The van der Waals surface area contributed by atoms with Crippen LogP contribution < -0.4 is 10.0 Å². The van der Waals surface area contributed by atoms with Crippen molar-refractivity contribution in [1.82, 2.24) is 10.0 Å². The van der Waals surface area contributed by atoms with E-state index in [1.165, 1.54) is 0 Å². The van der Waals surface area contributed by atoms with E-state index in [1.807, 2.05) is 13.0 Å². The third-order valence-corrected chi connectivity index (χ3v) is 6.50. The molecule has 118 valence electrons. The van der Waals surface area contributed by atoms with E-state index in [-0.39, 0.29) is 16.9 Å². The fourth-order valence-electron chi connectivity index (χ4n) is 2.81. The maximum absolute atomic E-state index is 12.6. The van der Waals surface area contributed by atoms with E-state index < -0.39 is 10.0 Å². The number of hydrogen-bond donors (Lipinski definition) is 2. The van der Waals surface area contributed by atoms with Gasteiger partial charge >= 0.3 is 0 Å². The smallest absolute Gasteiger partial charge is 0.240 e. The Morgan fingerprint density at radius 1 is 1.14 bits per heavy atom. The number of nitrogens with one attached hydrogen (secondary N) is 2. The van der Waals surface area contributed by atoms with Crippen molar-refractivity contribution < 1.29 is 8.42 Å². The SMILES string of the molecule is CCNCc1cccc(S(=O)(=O)NC2C(C)(C)C2(C)C)c1. The monoisotopic (exact) mass is 310 g/mol. The summed E-state index contributed by atoms with van der Waals surface area (Å²) in [6.45, 7) is 12.0. The van der Waals surface area contributed by atoms with Crippen LogP contribution in [0.1, 0.15) is 40.2 Å². The number of rotatable bonds is 6. The molecule has 21 heavy (non-hydrogen) atoms. The first-order valence-corrected chi connectivity index (χ1v) is 8.93. The molecular weight excluding hydrogens is 284 g/mol. The summed E-state index contributed by atoms with van der Waals surface area (Å²) in [5, 5.41) is 3.21. The van der Waals surface area contributed by atoms with Crippen LogP contribution in [0.2, 0.25) is 0 Å². The highest BCUT2D eigenvalue weighted by Gasteiger charge is 2.65. The largest absolute Gasteiger partial charge is 0.313 e. The molecular formula is C16H26N2O2S. The van der Waals surface area contributed by atoms with Crippen LogP contribution in [0, 0.1) is 10.8 Å². The quantitative estimate of drug-likeness (QED) is 0.849. The van der Waals surface area contributed by atoms with Crippen molar-refractivity contribution in [2.24, 2.45) is 10.8 Å². The van der Waals surface area contributed by atoms with Crippen LogP contribution in [-0.2, 0) is 16.6 Å². The third kappa shape index (κ3) is 3.00. The van der Waals surface area contributed by atoms with Crippen molar-refractivity contribution in [3.8, 4) is 0 Å². The van der Waals surface area contributed by atoms with Crippen molar-refractivity contribution in [1.29, 1.82) is 0 Å². The van der Waals surface area contributed by atoms with E-state index in [4.69, 9.17) is 0 Å². The molecule has 0 amide bonds. The van der Waals surface area contributed by atoms with Gasteiger partial charge in [-0.25, -0.2) is 13.1 Å². The van der Waals surface area contributed by atoms with E-state index in [1.54, 1.807) is 18.2 Å². The van der Waals surface area contributed by atoms with Crippen molar-refractivity contribution in [2.75, 3.05) is 6.54 Å². The maximum Gasteiger partial charge on any atom is 0.240 e. The molecule has 2 rings (SSSR count). The second-order valence-electron chi connectivity index (χ2n) is 6.93. The highest BCUT2D eigenvalue weighted by Crippen LogP contribution is 2.62. The Kier molecular flexibility index (Phi) is 4.21. The zero-order chi connectivity index (χ0) is 15.9. The van der Waals surface area contributed by atoms with Crippen LogP contribution in [0.3, 0.4) is 0 Å². The van der Waals surface area contributed by atoms with Gasteiger partial charge < -0.3 is 5.32 Å². The van der Waals surface area contributed by atoms with Gasteiger partial charge in [0.1, 0.15) is 0 Å². The summed E-state index contributed by atoms with van der Waals surface area (Å²) in [5.41, 5.74) is 0.956. The predicted molar refractivity (Wildman–Crippen MR) is 85.5 cm³/mol. The first-order valence-electron chi connectivity index (χ1n) is 7.45. The molecule has 0 aliphatic heterocycles. The van der Waals surface area contributed by atoms with Crippen molar-refractivity contribution in [3.63, 3.8) is 0 Å². The van der Waals surface area contributed by atoms with Gasteiger partial charge in [-0.1, -0.05) is 46.8 Å². The summed E-state index contributed by atoms with van der Waals surface area (Å²) >= 11 is 0. The van der Waals surface area contributed by atoms with Crippen molar-refractivity contribution in [2.45, 2.75) is 52.1 Å². The molecule has 1 aromatic rings. The second-order valence-corrected chi connectivity index (χ2v) is 8.64. The van der Waals surface area contributed by atoms with Crippen LogP contribution in [0.5, 0.6) is 0 Å². The number of benzene rings is 1. The van der Waals surface area contributed by atoms with E-state index in [9.17, 15) is 8.42 Å². The van der Waals surface area contributed by atoms with Gasteiger partial charge in [-0.2, -0.15) is 0 Å². The van der Waals surface area contributed by atoms with Gasteiger partial charge in [0.15, 0.2) is 0 Å². The molecule has 1 aliphatic carbocycles. The van der Waals surface area contributed by atoms with Gasteiger partial charge in [0.2, 0.25) is 10.0 Å². The standard InChI is InChI=1S/C16H26N2O2S/c1-6-17-11-12-8-7-9-13(10-12)21(19,20)18-14-15(2,3)16(14,4)5/h7-10,14,17-18H,6,11H2,1-5H3. The summed E-state index contributed by atoms with van der Waals surface area (Å²) < 4.78 is 28.0. The average Bonchev–Trinajstić information content (AvgIpc) is 2.79. The lowest BCUT2D eigenvalue weighted by Crippen LogP contribution is -2.30. The van der Waals surface area contributed by atoms with E-state index in [0.29, 0.717) is 11.4 Å². The first kappa shape index (κ1) is 16.5. The van der Waals surface area contributed by atoms with E-state index in [0.717, 1.165) is 12.1 Å². The van der Waals surface area contributed by atoms with Crippen LogP contribution in [0.25, 0.3) is 0 Å². The van der Waals surface area contributed by atoms with Gasteiger partial charge in [-0.3, -0.25) is 0 Å². The lowest BCUT2D eigenvalue weighted by atomic mass is 10.0. The fraction of sp³-hybridized carbons (Fsp3) is 0.625. The van der Waals surface area contributed by atoms with E-state index in [2.05, 4.69) is 37.7 Å². The summed E-state index contributed by atoms with van der Waals surface area (Å²) in [6.07, 6.45) is 0. The Bertz CT molecular complexity index is 607. The summed E-state index contributed by atoms with van der Waals surface area (Å²) in [7, 11) is -3.46. The summed E-state index contributed by atoms with van der Waals surface area (Å²) in [4.78, 5) is 0.344. The zero-order valence-corrected chi connectivity index (χ0v) is 14.3. The number of sulfonamides is 1. The maximum atomic E-state index is 12.6. The van der Waals surface area contributed by atoms with Gasteiger partial charge in [0.05, 0.1) is 4.90 Å². The average molecular weight is 310 g/mol. The highest BCUT2D eigenvalue weighted by atomic mass is 32.2. The van der Waals surface area contributed by atoms with Gasteiger partial charge in [0.25, 0.3) is 0 Å². The molecule has 0 aromatic heterocycles. The molecule has 1 fully saturated rings. The minimum atomic E-state index is -3.46. The molecule has 1 aromatic carbocycles. The Balaban J connectivity index is 2.17. The lowest BCUT2D eigenvalue weighted by molar-refractivity contribution is 0.457.